The van der Waals surface area contributed by atoms with Crippen molar-refractivity contribution in [1.29, 1.82) is 5.26 Å². The summed E-state index contributed by atoms with van der Waals surface area (Å²) >= 11 is 1.40. The SMILES string of the molecule is COc1ccc(C=C(C#N)C(=O)Nc2ncc(Cc3ccc(C)cc3)s2)cc1. The molecule has 0 saturated heterocycles. The van der Waals surface area contributed by atoms with E-state index in [0.29, 0.717) is 10.9 Å². The number of nitriles is 1. The lowest BCUT2D eigenvalue weighted by molar-refractivity contribution is -0.112. The van der Waals surface area contributed by atoms with E-state index in [4.69, 9.17) is 4.74 Å². The summed E-state index contributed by atoms with van der Waals surface area (Å²) in [6, 6.07) is 17.4. The lowest BCUT2D eigenvalue weighted by atomic mass is 10.1. The number of carbonyl (C=O) groups is 1. The van der Waals surface area contributed by atoms with Gasteiger partial charge in [-0.1, -0.05) is 42.0 Å². The van der Waals surface area contributed by atoms with E-state index in [-0.39, 0.29) is 5.57 Å². The third-order valence-electron chi connectivity index (χ3n) is 4.06. The van der Waals surface area contributed by atoms with Gasteiger partial charge < -0.3 is 4.74 Å². The molecule has 2 aromatic carbocycles. The van der Waals surface area contributed by atoms with Crippen molar-refractivity contribution >= 4 is 28.5 Å². The fourth-order valence-electron chi connectivity index (χ4n) is 2.53. The molecule has 1 amide bonds. The van der Waals surface area contributed by atoms with Gasteiger partial charge >= 0.3 is 0 Å². The van der Waals surface area contributed by atoms with Crippen molar-refractivity contribution in [2.24, 2.45) is 0 Å². The normalized spacial score (nSPS) is 11.0. The van der Waals surface area contributed by atoms with Crippen LogP contribution in [0.15, 0.2) is 60.3 Å². The lowest BCUT2D eigenvalue weighted by Crippen LogP contribution is -2.13. The van der Waals surface area contributed by atoms with Crippen LogP contribution < -0.4 is 10.1 Å². The average molecular weight is 389 g/mol. The molecular formula is C22H19N3O2S. The van der Waals surface area contributed by atoms with E-state index in [9.17, 15) is 10.1 Å². The average Bonchev–Trinajstić information content (AvgIpc) is 3.15. The highest BCUT2D eigenvalue weighted by molar-refractivity contribution is 7.15. The molecule has 0 bridgehead atoms. The Hall–Kier alpha value is -3.43. The number of thiazole rings is 1. The van der Waals surface area contributed by atoms with Crippen molar-refractivity contribution in [3.8, 4) is 11.8 Å². The van der Waals surface area contributed by atoms with E-state index >= 15 is 0 Å². The monoisotopic (exact) mass is 389 g/mol. The molecule has 0 radical (unpaired) electrons. The van der Waals surface area contributed by atoms with Crippen LogP contribution in [0.4, 0.5) is 5.13 Å². The molecule has 0 spiro atoms. The van der Waals surface area contributed by atoms with Gasteiger partial charge in [-0.3, -0.25) is 10.1 Å². The number of aryl methyl sites for hydroxylation is 1. The molecule has 3 rings (SSSR count). The maximum atomic E-state index is 12.4. The van der Waals surface area contributed by atoms with Crippen molar-refractivity contribution in [3.05, 3.63) is 81.9 Å². The molecule has 1 heterocycles. The van der Waals surface area contributed by atoms with Gasteiger partial charge in [-0.05, 0) is 36.3 Å². The Morgan fingerprint density at radius 3 is 2.57 bits per heavy atom. The number of nitrogens with one attached hydrogen (secondary N) is 1. The van der Waals surface area contributed by atoms with Crippen LogP contribution in [0.5, 0.6) is 5.75 Å². The number of nitrogens with zero attached hydrogens (tertiary/aromatic N) is 2. The topological polar surface area (TPSA) is 75.0 Å². The molecule has 1 N–H and O–H groups in total. The molecule has 0 atom stereocenters. The predicted octanol–water partition coefficient (Wildman–Crippen LogP) is 4.60. The Balaban J connectivity index is 1.67. The van der Waals surface area contributed by atoms with Crippen LogP contribution in [-0.2, 0) is 11.2 Å². The molecule has 3 aromatic rings. The number of carbonyl (C=O) groups excluding carboxylic acids is 1. The number of aromatic nitrogens is 1. The molecule has 0 aliphatic heterocycles. The van der Waals surface area contributed by atoms with Gasteiger partial charge in [0.2, 0.25) is 0 Å². The van der Waals surface area contributed by atoms with Crippen molar-refractivity contribution in [1.82, 2.24) is 4.98 Å². The third kappa shape index (κ3) is 5.06. The van der Waals surface area contributed by atoms with Crippen molar-refractivity contribution < 1.29 is 9.53 Å². The van der Waals surface area contributed by atoms with Gasteiger partial charge in [-0.2, -0.15) is 5.26 Å². The smallest absolute Gasteiger partial charge is 0.268 e. The molecule has 0 fully saturated rings. The maximum Gasteiger partial charge on any atom is 0.268 e. The standard InChI is InChI=1S/C22H19N3O2S/c1-15-3-5-17(6-4-15)12-20-14-24-22(28-20)25-21(26)18(13-23)11-16-7-9-19(27-2)10-8-16/h3-11,14H,12H2,1-2H3,(H,24,25,26). The van der Waals surface area contributed by atoms with E-state index in [2.05, 4.69) is 41.5 Å². The largest absolute Gasteiger partial charge is 0.497 e. The molecule has 6 heteroatoms. The number of amides is 1. The van der Waals surface area contributed by atoms with E-state index in [0.717, 1.165) is 16.9 Å². The van der Waals surface area contributed by atoms with Crippen LogP contribution in [-0.4, -0.2) is 18.0 Å². The molecule has 0 unspecified atom stereocenters. The number of hydrogen-bond donors (Lipinski definition) is 1. The van der Waals surface area contributed by atoms with Gasteiger partial charge in [0.1, 0.15) is 17.4 Å². The summed E-state index contributed by atoms with van der Waals surface area (Å²) in [6.07, 6.45) is 4.04. The Morgan fingerprint density at radius 1 is 1.21 bits per heavy atom. The second kappa shape index (κ2) is 8.98. The van der Waals surface area contributed by atoms with Crippen LogP contribution >= 0.6 is 11.3 Å². The molecule has 140 valence electrons. The van der Waals surface area contributed by atoms with E-state index in [1.54, 1.807) is 37.6 Å². The van der Waals surface area contributed by atoms with Crippen molar-refractivity contribution in [2.45, 2.75) is 13.3 Å². The molecular weight excluding hydrogens is 370 g/mol. The summed E-state index contributed by atoms with van der Waals surface area (Å²) in [5.41, 5.74) is 3.16. The number of hydrogen-bond acceptors (Lipinski definition) is 5. The van der Waals surface area contributed by atoms with Crippen molar-refractivity contribution in [2.75, 3.05) is 12.4 Å². The number of ether oxygens (including phenoxy) is 1. The zero-order valence-corrected chi connectivity index (χ0v) is 16.4. The molecule has 0 aliphatic carbocycles. The lowest BCUT2D eigenvalue weighted by Gasteiger charge is -2.02. The molecule has 28 heavy (non-hydrogen) atoms. The van der Waals surface area contributed by atoms with Crippen LogP contribution in [0.25, 0.3) is 6.08 Å². The summed E-state index contributed by atoms with van der Waals surface area (Å²) in [5, 5.41) is 12.5. The molecule has 1 aromatic heterocycles. The first-order chi connectivity index (χ1) is 13.6. The Kier molecular flexibility index (Phi) is 6.20. The predicted molar refractivity (Wildman–Crippen MR) is 111 cm³/mol. The minimum absolute atomic E-state index is 0.0143. The van der Waals surface area contributed by atoms with E-state index < -0.39 is 5.91 Å². The van der Waals surface area contributed by atoms with Crippen LogP contribution in [0.3, 0.4) is 0 Å². The first kappa shape index (κ1) is 19.3. The van der Waals surface area contributed by atoms with Gasteiger partial charge in [0.05, 0.1) is 7.11 Å². The first-order valence-electron chi connectivity index (χ1n) is 8.65. The third-order valence-corrected chi connectivity index (χ3v) is 4.98. The fourth-order valence-corrected chi connectivity index (χ4v) is 3.38. The number of benzene rings is 2. The van der Waals surface area contributed by atoms with Crippen LogP contribution in [0.1, 0.15) is 21.6 Å². The van der Waals surface area contributed by atoms with Crippen LogP contribution in [0.2, 0.25) is 0 Å². The molecule has 0 saturated carbocycles. The van der Waals surface area contributed by atoms with Crippen molar-refractivity contribution in [3.63, 3.8) is 0 Å². The second-order valence-electron chi connectivity index (χ2n) is 6.19. The highest BCUT2D eigenvalue weighted by Gasteiger charge is 2.12. The fraction of sp³-hybridized carbons (Fsp3) is 0.136. The van der Waals surface area contributed by atoms with Gasteiger partial charge in [0.15, 0.2) is 5.13 Å². The summed E-state index contributed by atoms with van der Waals surface area (Å²) < 4.78 is 5.11. The van der Waals surface area contributed by atoms with E-state index in [1.807, 2.05) is 6.07 Å². The Labute approximate surface area is 167 Å². The minimum Gasteiger partial charge on any atom is -0.497 e. The maximum absolute atomic E-state index is 12.4. The number of methoxy groups -OCH3 is 1. The zero-order chi connectivity index (χ0) is 19.9. The second-order valence-corrected chi connectivity index (χ2v) is 7.31. The van der Waals surface area contributed by atoms with Gasteiger partial charge in [0.25, 0.3) is 5.91 Å². The molecule has 0 aliphatic rings. The Morgan fingerprint density at radius 2 is 1.93 bits per heavy atom. The summed E-state index contributed by atoms with van der Waals surface area (Å²) in [6.45, 7) is 2.05. The number of rotatable bonds is 6. The quantitative estimate of drug-likeness (QED) is 0.494. The minimum atomic E-state index is -0.477. The van der Waals surface area contributed by atoms with E-state index in [1.165, 1.54) is 28.5 Å². The highest BCUT2D eigenvalue weighted by Crippen LogP contribution is 2.22. The first-order valence-corrected chi connectivity index (χ1v) is 9.46. The summed E-state index contributed by atoms with van der Waals surface area (Å²) in [4.78, 5) is 17.7. The van der Waals surface area contributed by atoms with Gasteiger partial charge in [-0.25, -0.2) is 4.98 Å². The Bertz CT molecular complexity index is 1030. The molecule has 5 nitrogen and oxygen atoms in total. The summed E-state index contributed by atoms with van der Waals surface area (Å²) in [7, 11) is 1.58. The van der Waals surface area contributed by atoms with Crippen LogP contribution in [0, 0.1) is 18.3 Å². The van der Waals surface area contributed by atoms with Gasteiger partial charge in [0, 0.05) is 17.5 Å². The van der Waals surface area contributed by atoms with Gasteiger partial charge in [-0.15, -0.1) is 11.3 Å². The zero-order valence-electron chi connectivity index (χ0n) is 15.6. The summed E-state index contributed by atoms with van der Waals surface area (Å²) in [5.74, 6) is 0.235. The highest BCUT2D eigenvalue weighted by atomic mass is 32.1. The number of anilines is 1.